The minimum atomic E-state index is 0.792. The SMILES string of the molecule is Brc1ccsc1CN1CCN(C2CCNC2)CC1. The summed E-state index contributed by atoms with van der Waals surface area (Å²) in [5.41, 5.74) is 0. The molecule has 2 aliphatic rings. The number of halogens is 1. The van der Waals surface area contributed by atoms with Crippen LogP contribution in [-0.4, -0.2) is 55.1 Å². The lowest BCUT2D eigenvalue weighted by Crippen LogP contribution is -2.50. The Kier molecular flexibility index (Phi) is 4.36. The van der Waals surface area contributed by atoms with Crippen molar-refractivity contribution < 1.29 is 0 Å². The lowest BCUT2D eigenvalue weighted by atomic mass is 10.2. The summed E-state index contributed by atoms with van der Waals surface area (Å²) in [6, 6.07) is 2.95. The Morgan fingerprint density at radius 3 is 2.78 bits per heavy atom. The number of nitrogens with one attached hydrogen (secondary N) is 1. The van der Waals surface area contributed by atoms with Gasteiger partial charge in [0.15, 0.2) is 0 Å². The largest absolute Gasteiger partial charge is 0.315 e. The van der Waals surface area contributed by atoms with Crippen LogP contribution in [0.5, 0.6) is 0 Å². The van der Waals surface area contributed by atoms with Gasteiger partial charge in [-0.1, -0.05) is 0 Å². The van der Waals surface area contributed by atoms with E-state index in [2.05, 4.69) is 42.5 Å². The molecule has 2 aliphatic heterocycles. The van der Waals surface area contributed by atoms with Gasteiger partial charge in [-0.2, -0.15) is 0 Å². The Bertz CT molecular complexity index is 381. The number of thiophene rings is 1. The van der Waals surface area contributed by atoms with Gasteiger partial charge in [-0.25, -0.2) is 0 Å². The highest BCUT2D eigenvalue weighted by atomic mass is 79.9. The van der Waals surface area contributed by atoms with Crippen molar-refractivity contribution in [3.05, 3.63) is 20.8 Å². The molecular formula is C13H20BrN3S. The van der Waals surface area contributed by atoms with Crippen LogP contribution < -0.4 is 5.32 Å². The van der Waals surface area contributed by atoms with E-state index in [1.54, 1.807) is 0 Å². The number of nitrogens with zero attached hydrogens (tertiary/aromatic N) is 2. The second-order valence-corrected chi connectivity index (χ2v) is 7.01. The first kappa shape index (κ1) is 13.1. The van der Waals surface area contributed by atoms with Crippen LogP contribution >= 0.6 is 27.3 Å². The minimum absolute atomic E-state index is 0.792. The van der Waals surface area contributed by atoms with E-state index >= 15 is 0 Å². The van der Waals surface area contributed by atoms with E-state index in [9.17, 15) is 0 Å². The fraction of sp³-hybridized carbons (Fsp3) is 0.692. The molecule has 2 fully saturated rings. The van der Waals surface area contributed by atoms with Crippen molar-refractivity contribution in [3.8, 4) is 0 Å². The zero-order valence-electron chi connectivity index (χ0n) is 10.6. The summed E-state index contributed by atoms with van der Waals surface area (Å²) in [7, 11) is 0. The van der Waals surface area contributed by atoms with Crippen LogP contribution in [0.3, 0.4) is 0 Å². The standard InChI is InChI=1S/C13H20BrN3S/c14-12-2-8-18-13(12)10-16-4-6-17(7-5-16)11-1-3-15-9-11/h2,8,11,15H,1,3-7,9-10H2. The van der Waals surface area contributed by atoms with Crippen molar-refractivity contribution in [2.24, 2.45) is 0 Å². The summed E-state index contributed by atoms with van der Waals surface area (Å²) < 4.78 is 1.27. The van der Waals surface area contributed by atoms with Crippen LogP contribution in [0.25, 0.3) is 0 Å². The molecule has 0 spiro atoms. The first-order valence-corrected chi connectivity index (χ1v) is 8.39. The van der Waals surface area contributed by atoms with E-state index < -0.39 is 0 Å². The molecule has 3 rings (SSSR count). The molecule has 5 heteroatoms. The molecule has 1 unspecified atom stereocenters. The molecule has 0 saturated carbocycles. The molecular weight excluding hydrogens is 310 g/mol. The van der Waals surface area contributed by atoms with Crippen LogP contribution in [0.2, 0.25) is 0 Å². The van der Waals surface area contributed by atoms with E-state index in [1.807, 2.05) is 11.3 Å². The lowest BCUT2D eigenvalue weighted by molar-refractivity contribution is 0.0986. The fourth-order valence-corrected chi connectivity index (χ4v) is 4.40. The normalized spacial score (nSPS) is 26.8. The van der Waals surface area contributed by atoms with Crippen molar-refractivity contribution in [2.45, 2.75) is 19.0 Å². The average molecular weight is 330 g/mol. The fourth-order valence-electron chi connectivity index (χ4n) is 2.88. The maximum Gasteiger partial charge on any atom is 0.0340 e. The van der Waals surface area contributed by atoms with Gasteiger partial charge in [0.05, 0.1) is 0 Å². The molecule has 1 N–H and O–H groups in total. The molecule has 3 heterocycles. The maximum atomic E-state index is 3.62. The smallest absolute Gasteiger partial charge is 0.0340 e. The molecule has 1 aromatic heterocycles. The van der Waals surface area contributed by atoms with Crippen molar-refractivity contribution >= 4 is 27.3 Å². The van der Waals surface area contributed by atoms with E-state index in [-0.39, 0.29) is 0 Å². The molecule has 1 aromatic rings. The highest BCUT2D eigenvalue weighted by molar-refractivity contribution is 9.10. The maximum absolute atomic E-state index is 3.62. The van der Waals surface area contributed by atoms with Gasteiger partial charge in [-0.3, -0.25) is 9.80 Å². The van der Waals surface area contributed by atoms with Crippen LogP contribution in [0.1, 0.15) is 11.3 Å². The first-order chi connectivity index (χ1) is 8.83. The van der Waals surface area contributed by atoms with Crippen LogP contribution in [0, 0.1) is 0 Å². The zero-order chi connectivity index (χ0) is 12.4. The van der Waals surface area contributed by atoms with Crippen LogP contribution in [-0.2, 0) is 6.54 Å². The molecule has 3 nitrogen and oxygen atoms in total. The Morgan fingerprint density at radius 1 is 1.33 bits per heavy atom. The van der Waals surface area contributed by atoms with Gasteiger partial charge in [-0.15, -0.1) is 11.3 Å². The van der Waals surface area contributed by atoms with Crippen LogP contribution in [0.15, 0.2) is 15.9 Å². The van der Waals surface area contributed by atoms with E-state index in [0.717, 1.165) is 12.6 Å². The number of rotatable bonds is 3. The van der Waals surface area contributed by atoms with Gasteiger partial charge < -0.3 is 5.32 Å². The van der Waals surface area contributed by atoms with Gasteiger partial charge in [0.25, 0.3) is 0 Å². The van der Waals surface area contributed by atoms with E-state index in [1.165, 1.54) is 55.0 Å². The van der Waals surface area contributed by atoms with Gasteiger partial charge in [0.1, 0.15) is 0 Å². The molecule has 100 valence electrons. The third-order valence-electron chi connectivity index (χ3n) is 4.02. The zero-order valence-corrected chi connectivity index (χ0v) is 13.0. The Labute approximate surface area is 121 Å². The van der Waals surface area contributed by atoms with Gasteiger partial charge >= 0.3 is 0 Å². The molecule has 0 radical (unpaired) electrons. The summed E-state index contributed by atoms with van der Waals surface area (Å²) >= 11 is 5.48. The number of piperazine rings is 1. The predicted octanol–water partition coefficient (Wildman–Crippen LogP) is 1.99. The number of hydrogen-bond acceptors (Lipinski definition) is 4. The summed E-state index contributed by atoms with van der Waals surface area (Å²) in [6.45, 7) is 8.38. The van der Waals surface area contributed by atoms with Gasteiger partial charge in [0, 0.05) is 54.7 Å². The van der Waals surface area contributed by atoms with Crippen molar-refractivity contribution in [3.63, 3.8) is 0 Å². The van der Waals surface area contributed by atoms with E-state index in [4.69, 9.17) is 0 Å². The first-order valence-electron chi connectivity index (χ1n) is 6.72. The monoisotopic (exact) mass is 329 g/mol. The molecule has 0 aromatic carbocycles. The van der Waals surface area contributed by atoms with Crippen molar-refractivity contribution in [1.29, 1.82) is 0 Å². The van der Waals surface area contributed by atoms with Crippen molar-refractivity contribution in [1.82, 2.24) is 15.1 Å². The third kappa shape index (κ3) is 2.96. The van der Waals surface area contributed by atoms with Crippen LogP contribution in [0.4, 0.5) is 0 Å². The molecule has 0 aliphatic carbocycles. The Morgan fingerprint density at radius 2 is 2.17 bits per heavy atom. The van der Waals surface area contributed by atoms with E-state index in [0.29, 0.717) is 0 Å². The topological polar surface area (TPSA) is 18.5 Å². The molecule has 18 heavy (non-hydrogen) atoms. The molecule has 2 saturated heterocycles. The second kappa shape index (κ2) is 6.01. The predicted molar refractivity (Wildman–Crippen MR) is 80.1 cm³/mol. The highest BCUT2D eigenvalue weighted by Crippen LogP contribution is 2.24. The lowest BCUT2D eigenvalue weighted by Gasteiger charge is -2.37. The summed E-state index contributed by atoms with van der Waals surface area (Å²) in [4.78, 5) is 6.71. The second-order valence-electron chi connectivity index (χ2n) is 5.15. The van der Waals surface area contributed by atoms with Crippen molar-refractivity contribution in [2.75, 3.05) is 39.3 Å². The summed E-state index contributed by atoms with van der Waals surface area (Å²) in [5.74, 6) is 0. The average Bonchev–Trinajstić information content (AvgIpc) is 3.03. The van der Waals surface area contributed by atoms with Gasteiger partial charge in [-0.05, 0) is 40.3 Å². The Balaban J connectivity index is 1.49. The Hall–Kier alpha value is 0.0600. The third-order valence-corrected chi connectivity index (χ3v) is 5.93. The quantitative estimate of drug-likeness (QED) is 0.914. The van der Waals surface area contributed by atoms with Gasteiger partial charge in [0.2, 0.25) is 0 Å². The summed E-state index contributed by atoms with van der Waals surface area (Å²) in [5, 5.41) is 5.63. The minimum Gasteiger partial charge on any atom is -0.315 e. The molecule has 1 atom stereocenters. The molecule has 0 bridgehead atoms. The number of hydrogen-bond donors (Lipinski definition) is 1. The summed E-state index contributed by atoms with van der Waals surface area (Å²) in [6.07, 6.45) is 1.33. The molecule has 0 amide bonds. The highest BCUT2D eigenvalue weighted by Gasteiger charge is 2.26.